The molecule has 126 valence electrons. The van der Waals surface area contributed by atoms with E-state index in [1.165, 1.54) is 0 Å². The molecular formula is C18H25NO4. The van der Waals surface area contributed by atoms with Gasteiger partial charge in [0.25, 0.3) is 5.91 Å². The molecule has 2 atom stereocenters. The summed E-state index contributed by atoms with van der Waals surface area (Å²) in [7, 11) is 0. The van der Waals surface area contributed by atoms with Crippen molar-refractivity contribution in [3.63, 3.8) is 0 Å². The van der Waals surface area contributed by atoms with E-state index in [-0.39, 0.29) is 18.4 Å². The molecule has 23 heavy (non-hydrogen) atoms. The average molecular weight is 319 g/mol. The van der Waals surface area contributed by atoms with Gasteiger partial charge in [0.2, 0.25) is 0 Å². The number of benzene rings is 1. The van der Waals surface area contributed by atoms with E-state index in [2.05, 4.69) is 13.8 Å². The second-order valence-corrected chi connectivity index (χ2v) is 6.41. The van der Waals surface area contributed by atoms with Gasteiger partial charge < -0.3 is 14.7 Å². The first kappa shape index (κ1) is 17.3. The van der Waals surface area contributed by atoms with Crippen molar-refractivity contribution in [3.8, 4) is 5.75 Å². The third-order valence-electron chi connectivity index (χ3n) is 4.26. The predicted octanol–water partition coefficient (Wildman–Crippen LogP) is 3.04. The Bertz CT molecular complexity index is 570. The number of likely N-dealkylation sites (tertiary alicyclic amines) is 1. The molecule has 1 aromatic rings. The largest absolute Gasteiger partial charge is 0.481 e. The van der Waals surface area contributed by atoms with E-state index < -0.39 is 12.1 Å². The standard InChI is InChI=1S/C18H25NO4/c1-12(2)14-6-4-8-16(10-14)23-13(3)18(22)19-9-5-7-15(19)11-17(20)21/h4,6,8,10,12-13,15H,5,7,9,11H2,1-3H3,(H,20,21). The lowest BCUT2D eigenvalue weighted by molar-refractivity contribution is -0.142. The van der Waals surface area contributed by atoms with E-state index in [9.17, 15) is 9.59 Å². The summed E-state index contributed by atoms with van der Waals surface area (Å²) in [5.74, 6) is 0.0609. The maximum atomic E-state index is 12.6. The number of carbonyl (C=O) groups excluding carboxylic acids is 1. The van der Waals surface area contributed by atoms with E-state index in [4.69, 9.17) is 9.84 Å². The van der Waals surface area contributed by atoms with Gasteiger partial charge in [-0.05, 0) is 43.4 Å². The number of carboxylic acid groups (broad SMARTS) is 1. The molecule has 0 spiro atoms. The Balaban J connectivity index is 2.02. The Kier molecular flexibility index (Phi) is 5.64. The Morgan fingerprint density at radius 1 is 1.35 bits per heavy atom. The first-order valence-electron chi connectivity index (χ1n) is 8.17. The van der Waals surface area contributed by atoms with Crippen LogP contribution < -0.4 is 4.74 Å². The van der Waals surface area contributed by atoms with Gasteiger partial charge in [0.05, 0.1) is 6.42 Å². The van der Waals surface area contributed by atoms with Gasteiger partial charge in [-0.3, -0.25) is 9.59 Å². The molecule has 1 aromatic carbocycles. The van der Waals surface area contributed by atoms with Gasteiger partial charge in [-0.15, -0.1) is 0 Å². The van der Waals surface area contributed by atoms with Gasteiger partial charge in [0.15, 0.2) is 6.10 Å². The molecule has 5 heteroatoms. The first-order chi connectivity index (χ1) is 10.9. The maximum Gasteiger partial charge on any atom is 0.305 e. The van der Waals surface area contributed by atoms with E-state index in [0.717, 1.165) is 18.4 Å². The average Bonchev–Trinajstić information content (AvgIpc) is 2.93. The Morgan fingerprint density at radius 2 is 2.09 bits per heavy atom. The van der Waals surface area contributed by atoms with Crippen LogP contribution in [0.5, 0.6) is 5.75 Å². The lowest BCUT2D eigenvalue weighted by Gasteiger charge is -2.27. The van der Waals surface area contributed by atoms with Gasteiger partial charge in [-0.1, -0.05) is 26.0 Å². The number of carboxylic acids is 1. The Morgan fingerprint density at radius 3 is 2.74 bits per heavy atom. The SMILES string of the molecule is CC(Oc1cccc(C(C)C)c1)C(=O)N1CCCC1CC(=O)O. The summed E-state index contributed by atoms with van der Waals surface area (Å²) in [5, 5.41) is 8.96. The molecule has 0 aromatic heterocycles. The third-order valence-corrected chi connectivity index (χ3v) is 4.26. The smallest absolute Gasteiger partial charge is 0.305 e. The van der Waals surface area contributed by atoms with Crippen LogP contribution in [0.3, 0.4) is 0 Å². The highest BCUT2D eigenvalue weighted by atomic mass is 16.5. The van der Waals surface area contributed by atoms with Crippen LogP contribution in [0, 0.1) is 0 Å². The molecule has 1 N–H and O–H groups in total. The molecule has 2 unspecified atom stereocenters. The first-order valence-corrected chi connectivity index (χ1v) is 8.17. The normalized spacial score (nSPS) is 19.0. The fourth-order valence-electron chi connectivity index (χ4n) is 2.97. The number of ether oxygens (including phenoxy) is 1. The summed E-state index contributed by atoms with van der Waals surface area (Å²) in [5.41, 5.74) is 1.16. The minimum atomic E-state index is -0.868. The van der Waals surface area contributed by atoms with E-state index in [1.54, 1.807) is 11.8 Å². The van der Waals surface area contributed by atoms with Gasteiger partial charge >= 0.3 is 5.97 Å². The van der Waals surface area contributed by atoms with Crippen LogP contribution >= 0.6 is 0 Å². The van der Waals surface area contributed by atoms with Crippen LogP contribution in [0.1, 0.15) is 51.5 Å². The number of hydrogen-bond acceptors (Lipinski definition) is 3. The topological polar surface area (TPSA) is 66.8 Å². The zero-order chi connectivity index (χ0) is 17.0. The summed E-state index contributed by atoms with van der Waals surface area (Å²) in [6.07, 6.45) is 0.973. The van der Waals surface area contributed by atoms with Crippen LogP contribution in [-0.2, 0) is 9.59 Å². The maximum absolute atomic E-state index is 12.6. The Hall–Kier alpha value is -2.04. The monoisotopic (exact) mass is 319 g/mol. The molecule has 0 saturated carbocycles. The predicted molar refractivity (Wildman–Crippen MR) is 87.6 cm³/mol. The fourth-order valence-corrected chi connectivity index (χ4v) is 2.97. The Labute approximate surface area is 137 Å². The van der Waals surface area contributed by atoms with Crippen molar-refractivity contribution in [2.24, 2.45) is 0 Å². The van der Waals surface area contributed by atoms with E-state index in [1.807, 2.05) is 24.3 Å². The molecule has 1 fully saturated rings. The van der Waals surface area contributed by atoms with Crippen molar-refractivity contribution in [1.82, 2.24) is 4.90 Å². The number of nitrogens with zero attached hydrogens (tertiary/aromatic N) is 1. The minimum Gasteiger partial charge on any atom is -0.481 e. The summed E-state index contributed by atoms with van der Waals surface area (Å²) >= 11 is 0. The highest BCUT2D eigenvalue weighted by Crippen LogP contribution is 2.24. The van der Waals surface area contributed by atoms with Crippen molar-refractivity contribution in [2.45, 2.75) is 58.1 Å². The zero-order valence-corrected chi connectivity index (χ0v) is 14.0. The highest BCUT2D eigenvalue weighted by Gasteiger charge is 2.33. The summed E-state index contributed by atoms with van der Waals surface area (Å²) in [6.45, 7) is 6.54. The van der Waals surface area contributed by atoms with Gasteiger partial charge in [-0.25, -0.2) is 0 Å². The van der Waals surface area contributed by atoms with Crippen molar-refractivity contribution >= 4 is 11.9 Å². The molecule has 5 nitrogen and oxygen atoms in total. The molecule has 1 aliphatic heterocycles. The lowest BCUT2D eigenvalue weighted by Crippen LogP contribution is -2.43. The second kappa shape index (κ2) is 7.49. The molecule has 0 aliphatic carbocycles. The van der Waals surface area contributed by atoms with Crippen LogP contribution in [0.4, 0.5) is 0 Å². The zero-order valence-electron chi connectivity index (χ0n) is 14.0. The molecule has 1 aliphatic rings. The summed E-state index contributed by atoms with van der Waals surface area (Å²) < 4.78 is 5.79. The summed E-state index contributed by atoms with van der Waals surface area (Å²) in [6, 6.07) is 7.54. The molecule has 1 amide bonds. The minimum absolute atomic E-state index is 0.00128. The van der Waals surface area contributed by atoms with Crippen LogP contribution in [0.15, 0.2) is 24.3 Å². The van der Waals surface area contributed by atoms with Crippen LogP contribution in [0.25, 0.3) is 0 Å². The fraction of sp³-hybridized carbons (Fsp3) is 0.556. The quantitative estimate of drug-likeness (QED) is 0.875. The number of hydrogen-bond donors (Lipinski definition) is 1. The lowest BCUT2D eigenvalue weighted by atomic mass is 10.0. The van der Waals surface area contributed by atoms with Crippen molar-refractivity contribution < 1.29 is 19.4 Å². The molecule has 2 rings (SSSR count). The van der Waals surface area contributed by atoms with Gasteiger partial charge in [0, 0.05) is 12.6 Å². The van der Waals surface area contributed by atoms with Crippen LogP contribution in [-0.4, -0.2) is 40.6 Å². The number of carbonyl (C=O) groups is 2. The highest BCUT2D eigenvalue weighted by molar-refractivity contribution is 5.82. The van der Waals surface area contributed by atoms with Crippen molar-refractivity contribution in [2.75, 3.05) is 6.54 Å². The number of rotatable bonds is 6. The number of amides is 1. The molecule has 1 saturated heterocycles. The molecule has 1 heterocycles. The molecule has 0 bridgehead atoms. The van der Waals surface area contributed by atoms with E-state index in [0.29, 0.717) is 18.2 Å². The van der Waals surface area contributed by atoms with Gasteiger partial charge in [-0.2, -0.15) is 0 Å². The van der Waals surface area contributed by atoms with Crippen molar-refractivity contribution in [1.29, 1.82) is 0 Å². The van der Waals surface area contributed by atoms with Gasteiger partial charge in [0.1, 0.15) is 5.75 Å². The third kappa shape index (κ3) is 4.47. The van der Waals surface area contributed by atoms with E-state index >= 15 is 0 Å². The number of aliphatic carboxylic acids is 1. The van der Waals surface area contributed by atoms with Crippen LogP contribution in [0.2, 0.25) is 0 Å². The van der Waals surface area contributed by atoms with Crippen molar-refractivity contribution in [3.05, 3.63) is 29.8 Å². The second-order valence-electron chi connectivity index (χ2n) is 6.41. The molecular weight excluding hydrogens is 294 g/mol. The summed E-state index contributed by atoms with van der Waals surface area (Å²) in [4.78, 5) is 25.1. The molecule has 0 radical (unpaired) electrons.